The van der Waals surface area contributed by atoms with Crippen molar-refractivity contribution in [2.24, 2.45) is 11.7 Å². The molecule has 4 nitrogen and oxygen atoms in total. The third-order valence-electron chi connectivity index (χ3n) is 3.83. The minimum Gasteiger partial charge on any atom is -0.369 e. The van der Waals surface area contributed by atoms with E-state index >= 15 is 0 Å². The Balaban J connectivity index is 2.54. The monoisotopic (exact) mass is 241 g/mol. The minimum absolute atomic E-state index is 0.200. The van der Waals surface area contributed by atoms with Crippen LogP contribution in [-0.4, -0.2) is 43.0 Å². The van der Waals surface area contributed by atoms with Crippen molar-refractivity contribution in [2.75, 3.05) is 26.2 Å². The van der Waals surface area contributed by atoms with Crippen LogP contribution in [0.25, 0.3) is 0 Å². The van der Waals surface area contributed by atoms with E-state index in [0.29, 0.717) is 18.5 Å². The van der Waals surface area contributed by atoms with Crippen molar-refractivity contribution in [3.8, 4) is 0 Å². The molecule has 1 heterocycles. The average molecular weight is 241 g/mol. The Bertz CT molecular complexity index is 223. The number of rotatable bonds is 7. The van der Waals surface area contributed by atoms with Gasteiger partial charge in [-0.05, 0) is 31.8 Å². The van der Waals surface area contributed by atoms with Gasteiger partial charge < -0.3 is 11.1 Å². The number of primary amides is 1. The first-order valence-corrected chi connectivity index (χ1v) is 6.90. The molecule has 1 amide bonds. The zero-order valence-corrected chi connectivity index (χ0v) is 11.2. The van der Waals surface area contributed by atoms with E-state index in [4.69, 9.17) is 5.73 Å². The number of hydrogen-bond acceptors (Lipinski definition) is 3. The molecular formula is C13H27N3O. The molecule has 0 aliphatic carbocycles. The summed E-state index contributed by atoms with van der Waals surface area (Å²) in [5, 5.41) is 3.36. The van der Waals surface area contributed by atoms with E-state index in [9.17, 15) is 4.79 Å². The zero-order chi connectivity index (χ0) is 12.7. The van der Waals surface area contributed by atoms with Crippen LogP contribution in [0, 0.1) is 5.92 Å². The van der Waals surface area contributed by atoms with Crippen LogP contribution in [-0.2, 0) is 4.79 Å². The summed E-state index contributed by atoms with van der Waals surface area (Å²) < 4.78 is 0. The molecule has 100 valence electrons. The summed E-state index contributed by atoms with van der Waals surface area (Å²) in [6.07, 6.45) is 4.62. The van der Waals surface area contributed by atoms with Gasteiger partial charge in [-0.2, -0.15) is 0 Å². The molecule has 0 radical (unpaired) electrons. The van der Waals surface area contributed by atoms with E-state index in [-0.39, 0.29) is 5.91 Å². The third kappa shape index (κ3) is 5.04. The lowest BCUT2D eigenvalue weighted by Gasteiger charge is -2.35. The van der Waals surface area contributed by atoms with Crippen molar-refractivity contribution >= 4 is 5.91 Å². The van der Waals surface area contributed by atoms with Gasteiger partial charge in [0.25, 0.3) is 0 Å². The number of hydrogen-bond donors (Lipinski definition) is 2. The van der Waals surface area contributed by atoms with Gasteiger partial charge >= 0.3 is 0 Å². The van der Waals surface area contributed by atoms with Crippen LogP contribution >= 0.6 is 0 Å². The SMILES string of the molecule is CCC(CC)CN(CC(N)=O)C1CCNCC1. The zero-order valence-electron chi connectivity index (χ0n) is 11.2. The smallest absolute Gasteiger partial charge is 0.231 e. The van der Waals surface area contributed by atoms with Crippen LogP contribution in [0.1, 0.15) is 39.5 Å². The number of carbonyl (C=O) groups is 1. The quantitative estimate of drug-likeness (QED) is 0.698. The molecule has 0 aromatic rings. The molecular weight excluding hydrogens is 214 g/mol. The van der Waals surface area contributed by atoms with Gasteiger partial charge in [0.2, 0.25) is 5.91 Å². The first kappa shape index (κ1) is 14.5. The fraction of sp³-hybridized carbons (Fsp3) is 0.923. The number of carbonyl (C=O) groups excluding carboxylic acids is 1. The van der Waals surface area contributed by atoms with Gasteiger partial charge in [0, 0.05) is 12.6 Å². The maximum atomic E-state index is 11.2. The molecule has 17 heavy (non-hydrogen) atoms. The van der Waals surface area contributed by atoms with E-state index in [1.807, 2.05) is 0 Å². The average Bonchev–Trinajstić information content (AvgIpc) is 2.35. The van der Waals surface area contributed by atoms with Gasteiger partial charge in [-0.25, -0.2) is 0 Å². The molecule has 1 saturated heterocycles. The van der Waals surface area contributed by atoms with Crippen LogP contribution in [0.4, 0.5) is 0 Å². The standard InChI is InChI=1S/C13H27N3O/c1-3-11(4-2)9-16(10-13(14)17)12-5-7-15-8-6-12/h11-12,15H,3-10H2,1-2H3,(H2,14,17). The molecule has 1 fully saturated rings. The Labute approximate surface area is 105 Å². The highest BCUT2D eigenvalue weighted by Crippen LogP contribution is 2.16. The van der Waals surface area contributed by atoms with Gasteiger partial charge in [-0.1, -0.05) is 26.7 Å². The predicted molar refractivity (Wildman–Crippen MR) is 70.7 cm³/mol. The fourth-order valence-corrected chi connectivity index (χ4v) is 2.59. The molecule has 0 aromatic carbocycles. The van der Waals surface area contributed by atoms with Gasteiger partial charge in [0.05, 0.1) is 6.54 Å². The molecule has 0 bridgehead atoms. The molecule has 1 rings (SSSR count). The van der Waals surface area contributed by atoms with Crippen LogP contribution in [0.5, 0.6) is 0 Å². The van der Waals surface area contributed by atoms with Gasteiger partial charge in [0.1, 0.15) is 0 Å². The highest BCUT2D eigenvalue weighted by atomic mass is 16.1. The van der Waals surface area contributed by atoms with E-state index in [1.54, 1.807) is 0 Å². The van der Waals surface area contributed by atoms with Crippen molar-refractivity contribution in [1.29, 1.82) is 0 Å². The van der Waals surface area contributed by atoms with Crippen molar-refractivity contribution in [2.45, 2.75) is 45.6 Å². The van der Waals surface area contributed by atoms with Gasteiger partial charge in [-0.3, -0.25) is 9.69 Å². The summed E-state index contributed by atoms with van der Waals surface area (Å²) >= 11 is 0. The van der Waals surface area contributed by atoms with Crippen molar-refractivity contribution in [3.63, 3.8) is 0 Å². The highest BCUT2D eigenvalue weighted by molar-refractivity contribution is 5.75. The van der Waals surface area contributed by atoms with Crippen molar-refractivity contribution < 1.29 is 4.79 Å². The van der Waals surface area contributed by atoms with Crippen LogP contribution in [0.3, 0.4) is 0 Å². The second kappa shape index (κ2) is 7.67. The number of amides is 1. The van der Waals surface area contributed by atoms with E-state index in [0.717, 1.165) is 32.5 Å². The Hall–Kier alpha value is -0.610. The summed E-state index contributed by atoms with van der Waals surface area (Å²) in [5.74, 6) is 0.485. The number of nitrogens with zero attached hydrogens (tertiary/aromatic N) is 1. The molecule has 0 saturated carbocycles. The maximum absolute atomic E-state index is 11.2. The number of nitrogens with two attached hydrogens (primary N) is 1. The second-order valence-corrected chi connectivity index (χ2v) is 5.06. The first-order valence-electron chi connectivity index (χ1n) is 6.90. The Morgan fingerprint density at radius 3 is 2.41 bits per heavy atom. The van der Waals surface area contributed by atoms with Crippen LogP contribution in [0.15, 0.2) is 0 Å². The second-order valence-electron chi connectivity index (χ2n) is 5.06. The molecule has 4 heteroatoms. The third-order valence-corrected chi connectivity index (χ3v) is 3.83. The van der Waals surface area contributed by atoms with E-state index < -0.39 is 0 Å². The lowest BCUT2D eigenvalue weighted by atomic mass is 9.99. The summed E-state index contributed by atoms with van der Waals surface area (Å²) in [6, 6.07) is 0.532. The molecule has 0 aromatic heterocycles. The Morgan fingerprint density at radius 2 is 1.94 bits per heavy atom. The van der Waals surface area contributed by atoms with Crippen LogP contribution < -0.4 is 11.1 Å². The summed E-state index contributed by atoms with van der Waals surface area (Å²) in [6.45, 7) is 7.99. The Morgan fingerprint density at radius 1 is 1.35 bits per heavy atom. The first-order chi connectivity index (χ1) is 8.17. The predicted octanol–water partition coefficient (Wildman–Crippen LogP) is 0.962. The number of nitrogens with one attached hydrogen (secondary N) is 1. The molecule has 1 aliphatic rings. The topological polar surface area (TPSA) is 58.4 Å². The lowest BCUT2D eigenvalue weighted by molar-refractivity contribution is -0.120. The number of piperidine rings is 1. The largest absolute Gasteiger partial charge is 0.369 e. The summed E-state index contributed by atoms with van der Waals surface area (Å²) in [7, 11) is 0. The molecule has 0 unspecified atom stereocenters. The lowest BCUT2D eigenvalue weighted by Crippen LogP contribution is -2.48. The molecule has 0 atom stereocenters. The summed E-state index contributed by atoms with van der Waals surface area (Å²) in [4.78, 5) is 13.5. The van der Waals surface area contributed by atoms with Crippen LogP contribution in [0.2, 0.25) is 0 Å². The molecule has 0 spiro atoms. The molecule has 3 N–H and O–H groups in total. The summed E-state index contributed by atoms with van der Waals surface area (Å²) in [5.41, 5.74) is 5.36. The minimum atomic E-state index is -0.200. The van der Waals surface area contributed by atoms with Crippen molar-refractivity contribution in [3.05, 3.63) is 0 Å². The van der Waals surface area contributed by atoms with E-state index in [2.05, 4.69) is 24.1 Å². The Kier molecular flexibility index (Phi) is 6.52. The normalized spacial score (nSPS) is 17.9. The highest BCUT2D eigenvalue weighted by Gasteiger charge is 2.23. The van der Waals surface area contributed by atoms with Gasteiger partial charge in [-0.15, -0.1) is 0 Å². The fourth-order valence-electron chi connectivity index (χ4n) is 2.59. The molecule has 1 aliphatic heterocycles. The van der Waals surface area contributed by atoms with Crippen molar-refractivity contribution in [1.82, 2.24) is 10.2 Å². The van der Waals surface area contributed by atoms with E-state index in [1.165, 1.54) is 12.8 Å². The van der Waals surface area contributed by atoms with Gasteiger partial charge in [0.15, 0.2) is 0 Å². The maximum Gasteiger partial charge on any atom is 0.231 e.